The molecule has 2 unspecified atom stereocenters. The van der Waals surface area contributed by atoms with E-state index in [2.05, 4.69) is 26.6 Å². The molecule has 0 radical (unpaired) electrons. The van der Waals surface area contributed by atoms with Crippen LogP contribution in [0.15, 0.2) is 46.7 Å². The molecule has 2 fully saturated rings. The number of carbonyl (C=O) groups excluding carboxylic acids is 2. The summed E-state index contributed by atoms with van der Waals surface area (Å²) in [5.74, 6) is 0.288. The maximum absolute atomic E-state index is 13.4. The van der Waals surface area contributed by atoms with Crippen molar-refractivity contribution in [1.29, 1.82) is 0 Å². The van der Waals surface area contributed by atoms with E-state index in [9.17, 15) is 9.59 Å². The van der Waals surface area contributed by atoms with E-state index in [1.807, 2.05) is 31.3 Å². The Labute approximate surface area is 194 Å². The molecule has 1 aromatic heterocycles. The van der Waals surface area contributed by atoms with E-state index in [1.165, 1.54) is 11.8 Å². The van der Waals surface area contributed by atoms with Gasteiger partial charge in [-0.25, -0.2) is 4.98 Å². The second kappa shape index (κ2) is 9.09. The zero-order chi connectivity index (χ0) is 22.9. The number of nitrogens with zero attached hydrogens (tertiary/aromatic N) is 4. The Balaban J connectivity index is 1.39. The highest BCUT2D eigenvalue weighted by Gasteiger charge is 2.44. The minimum Gasteiger partial charge on any atom is -0.368 e. The Morgan fingerprint density at radius 3 is 2.61 bits per heavy atom. The summed E-state index contributed by atoms with van der Waals surface area (Å²) in [5.41, 5.74) is 3.52. The molecule has 8 nitrogen and oxygen atoms in total. The highest BCUT2D eigenvalue weighted by atomic mass is 16.2. The van der Waals surface area contributed by atoms with Crippen molar-refractivity contribution < 1.29 is 9.59 Å². The molecule has 174 valence electrons. The number of aliphatic imine (C=N–C) groups is 1. The van der Waals surface area contributed by atoms with Crippen LogP contribution in [0.2, 0.25) is 0 Å². The van der Waals surface area contributed by atoms with Crippen LogP contribution in [0.4, 0.5) is 11.5 Å². The molecule has 1 saturated carbocycles. The van der Waals surface area contributed by atoms with Gasteiger partial charge in [0.1, 0.15) is 12.0 Å². The molecule has 2 atom stereocenters. The van der Waals surface area contributed by atoms with Crippen LogP contribution in [0.5, 0.6) is 0 Å². The van der Waals surface area contributed by atoms with Crippen LogP contribution in [0, 0.1) is 11.8 Å². The van der Waals surface area contributed by atoms with Crippen LogP contribution in [0.3, 0.4) is 0 Å². The summed E-state index contributed by atoms with van der Waals surface area (Å²) in [5, 5.41) is 6.75. The van der Waals surface area contributed by atoms with Crippen LogP contribution in [-0.2, 0) is 9.59 Å². The second-order valence-corrected chi connectivity index (χ2v) is 9.32. The fraction of sp³-hybridized carbons (Fsp3) is 0.520. The van der Waals surface area contributed by atoms with Crippen LogP contribution in [0.25, 0.3) is 0 Å². The van der Waals surface area contributed by atoms with Gasteiger partial charge in [-0.3, -0.25) is 19.5 Å². The fourth-order valence-corrected chi connectivity index (χ4v) is 5.55. The monoisotopic (exact) mass is 448 g/mol. The third-order valence-corrected chi connectivity index (χ3v) is 7.22. The van der Waals surface area contributed by atoms with Crippen molar-refractivity contribution in [1.82, 2.24) is 15.2 Å². The normalized spacial score (nSPS) is 25.9. The summed E-state index contributed by atoms with van der Waals surface area (Å²) >= 11 is 0. The lowest BCUT2D eigenvalue weighted by Gasteiger charge is -2.38. The average molecular weight is 449 g/mol. The molecular formula is C25H32N6O2. The van der Waals surface area contributed by atoms with Gasteiger partial charge in [0.05, 0.1) is 23.5 Å². The van der Waals surface area contributed by atoms with E-state index in [0.29, 0.717) is 5.70 Å². The van der Waals surface area contributed by atoms with E-state index >= 15 is 0 Å². The second-order valence-electron chi connectivity index (χ2n) is 9.32. The summed E-state index contributed by atoms with van der Waals surface area (Å²) in [4.78, 5) is 38.9. The average Bonchev–Trinajstić information content (AvgIpc) is 3.34. The summed E-state index contributed by atoms with van der Waals surface area (Å²) in [6, 6.07) is 4.08. The van der Waals surface area contributed by atoms with Crippen LogP contribution >= 0.6 is 0 Å². The topological polar surface area (TPSA) is 89.9 Å². The number of carbonyl (C=O) groups is 2. The zero-order valence-electron chi connectivity index (χ0n) is 19.4. The fourth-order valence-electron chi connectivity index (χ4n) is 5.55. The number of amides is 2. The standard InChI is InChI=1S/C25H32N6O2/c1-16-20-8-10-22(28-21-9-7-19(15-27-21)30-13-11-26-12-14-30)29-24(20)23(18-5-3-4-6-18)25(33)31(16)17(2)32/h7-10,15,18,22-23,26H,3-6,11-14H2,1-2H3,(H,27,28). The van der Waals surface area contributed by atoms with Gasteiger partial charge in [-0.2, -0.15) is 0 Å². The summed E-state index contributed by atoms with van der Waals surface area (Å²) in [7, 11) is 0. The predicted octanol–water partition coefficient (Wildman–Crippen LogP) is 2.71. The lowest BCUT2D eigenvalue weighted by atomic mass is 9.78. The molecule has 1 aromatic rings. The number of pyridine rings is 1. The molecule has 0 bridgehead atoms. The molecular weight excluding hydrogens is 416 g/mol. The number of allylic oxidation sites excluding steroid dienone is 3. The molecule has 4 aliphatic rings. The van der Waals surface area contributed by atoms with E-state index in [4.69, 9.17) is 4.99 Å². The molecule has 8 heteroatoms. The number of rotatable bonds is 4. The molecule has 2 amide bonds. The number of aromatic nitrogens is 1. The number of nitrogens with one attached hydrogen (secondary N) is 2. The number of hydrogen-bond acceptors (Lipinski definition) is 7. The smallest absolute Gasteiger partial charge is 0.242 e. The molecule has 3 aliphatic heterocycles. The molecule has 2 N–H and O–H groups in total. The van der Waals surface area contributed by atoms with Crippen molar-refractivity contribution in [2.24, 2.45) is 16.8 Å². The van der Waals surface area contributed by atoms with Crippen LogP contribution in [0.1, 0.15) is 39.5 Å². The number of anilines is 2. The largest absolute Gasteiger partial charge is 0.368 e. The van der Waals surface area contributed by atoms with E-state index in [0.717, 1.165) is 74.7 Å². The highest BCUT2D eigenvalue weighted by molar-refractivity contribution is 6.21. The van der Waals surface area contributed by atoms with Crippen molar-refractivity contribution >= 4 is 29.0 Å². The first-order chi connectivity index (χ1) is 16.0. The highest BCUT2D eigenvalue weighted by Crippen LogP contribution is 2.40. The molecule has 0 aromatic carbocycles. The Bertz CT molecular complexity index is 1020. The Kier molecular flexibility index (Phi) is 6.01. The Morgan fingerprint density at radius 1 is 1.18 bits per heavy atom. The van der Waals surface area contributed by atoms with Crippen molar-refractivity contribution in [2.45, 2.75) is 45.7 Å². The quantitative estimate of drug-likeness (QED) is 0.736. The lowest BCUT2D eigenvalue weighted by Crippen LogP contribution is -2.49. The maximum Gasteiger partial charge on any atom is 0.242 e. The Morgan fingerprint density at radius 2 is 1.94 bits per heavy atom. The molecule has 4 heterocycles. The van der Waals surface area contributed by atoms with Gasteiger partial charge in [0, 0.05) is 44.4 Å². The predicted molar refractivity (Wildman–Crippen MR) is 129 cm³/mol. The van der Waals surface area contributed by atoms with Gasteiger partial charge in [0.25, 0.3) is 0 Å². The number of fused-ring (bicyclic) bond motifs is 1. The summed E-state index contributed by atoms with van der Waals surface area (Å²) in [6.07, 6.45) is 9.85. The van der Waals surface area contributed by atoms with Gasteiger partial charge in [-0.05, 0) is 43.9 Å². The minimum atomic E-state index is -0.354. The molecule has 33 heavy (non-hydrogen) atoms. The van der Waals surface area contributed by atoms with Crippen molar-refractivity contribution in [3.05, 3.63) is 41.8 Å². The van der Waals surface area contributed by atoms with Gasteiger partial charge < -0.3 is 15.5 Å². The van der Waals surface area contributed by atoms with Gasteiger partial charge >= 0.3 is 0 Å². The van der Waals surface area contributed by atoms with E-state index in [-0.39, 0.29) is 29.8 Å². The van der Waals surface area contributed by atoms with Crippen molar-refractivity contribution in [2.75, 3.05) is 36.4 Å². The SMILES string of the molecule is CC(=O)N1C(=O)C(C2CCCC2)C2=NC(Nc3ccc(N4CCNCC4)cn3)C=CC2=C1C. The molecule has 0 spiro atoms. The first-order valence-corrected chi connectivity index (χ1v) is 12.0. The minimum absolute atomic E-state index is 0.123. The van der Waals surface area contributed by atoms with E-state index in [1.54, 1.807) is 0 Å². The van der Waals surface area contributed by atoms with Gasteiger partial charge in [0.15, 0.2) is 0 Å². The zero-order valence-corrected chi connectivity index (χ0v) is 19.4. The lowest BCUT2D eigenvalue weighted by molar-refractivity contribution is -0.143. The van der Waals surface area contributed by atoms with Gasteiger partial charge in [-0.15, -0.1) is 0 Å². The number of hydrogen-bond donors (Lipinski definition) is 2. The number of piperazine rings is 1. The van der Waals surface area contributed by atoms with Gasteiger partial charge in [0.2, 0.25) is 11.8 Å². The maximum atomic E-state index is 13.4. The first kappa shape index (κ1) is 21.8. The first-order valence-electron chi connectivity index (χ1n) is 12.0. The Hall–Kier alpha value is -3.00. The number of dihydropyridines is 1. The van der Waals surface area contributed by atoms with E-state index < -0.39 is 0 Å². The third kappa shape index (κ3) is 4.19. The number of imide groups is 1. The molecule has 5 rings (SSSR count). The third-order valence-electron chi connectivity index (χ3n) is 7.22. The summed E-state index contributed by atoms with van der Waals surface area (Å²) in [6.45, 7) is 7.24. The van der Waals surface area contributed by atoms with Crippen LogP contribution < -0.4 is 15.5 Å². The molecule has 1 aliphatic carbocycles. The van der Waals surface area contributed by atoms with Gasteiger partial charge in [-0.1, -0.05) is 18.9 Å². The van der Waals surface area contributed by atoms with Crippen molar-refractivity contribution in [3.63, 3.8) is 0 Å². The van der Waals surface area contributed by atoms with Crippen LogP contribution in [-0.4, -0.2) is 59.8 Å². The summed E-state index contributed by atoms with van der Waals surface area (Å²) < 4.78 is 0. The molecule has 1 saturated heterocycles. The van der Waals surface area contributed by atoms with Crippen molar-refractivity contribution in [3.8, 4) is 0 Å².